The average molecular weight is 375 g/mol. The molecule has 0 radical (unpaired) electrons. The van der Waals surface area contributed by atoms with E-state index in [1.165, 1.54) is 0 Å². The van der Waals surface area contributed by atoms with Crippen LogP contribution in [0.4, 0.5) is 0 Å². The molecule has 1 aliphatic heterocycles. The summed E-state index contributed by atoms with van der Waals surface area (Å²) in [4.78, 5) is 26.7. The number of carbonyl (C=O) groups is 1. The Bertz CT molecular complexity index is 976. The molecule has 0 unspecified atom stereocenters. The number of fused-ring (bicyclic) bond motifs is 1. The first-order valence-corrected chi connectivity index (χ1v) is 9.05. The maximum atomic E-state index is 12.6. The zero-order chi connectivity index (χ0) is 18.1. The fourth-order valence-electron chi connectivity index (χ4n) is 3.55. The Kier molecular flexibility index (Phi) is 4.55. The molecule has 2 aromatic heterocycles. The highest BCUT2D eigenvalue weighted by Crippen LogP contribution is 2.26. The van der Waals surface area contributed by atoms with Crippen molar-refractivity contribution in [2.75, 3.05) is 13.1 Å². The summed E-state index contributed by atoms with van der Waals surface area (Å²) in [5, 5.41) is 4.67. The van der Waals surface area contributed by atoms with E-state index in [-0.39, 0.29) is 11.9 Å². The van der Waals surface area contributed by atoms with Crippen LogP contribution in [0, 0.1) is 0 Å². The van der Waals surface area contributed by atoms with Gasteiger partial charge in [0.25, 0.3) is 0 Å². The van der Waals surface area contributed by atoms with E-state index in [1.807, 2.05) is 17.2 Å². The summed E-state index contributed by atoms with van der Waals surface area (Å²) in [6.45, 7) is 1.76. The van der Waals surface area contributed by atoms with E-state index < -0.39 is 5.76 Å². The lowest BCUT2D eigenvalue weighted by Crippen LogP contribution is -2.42. The number of aryl methyl sites for hydroxylation is 1. The van der Waals surface area contributed by atoms with Crippen molar-refractivity contribution in [1.29, 1.82) is 0 Å². The van der Waals surface area contributed by atoms with Crippen LogP contribution in [0.25, 0.3) is 11.1 Å². The Morgan fingerprint density at radius 3 is 3.08 bits per heavy atom. The molecule has 3 heterocycles. The number of likely N-dealkylation sites (tertiary alicyclic amines) is 1. The van der Waals surface area contributed by atoms with Gasteiger partial charge in [-0.3, -0.25) is 14.0 Å². The number of hydrogen-bond donors (Lipinski definition) is 0. The summed E-state index contributed by atoms with van der Waals surface area (Å²) >= 11 is 6.08. The number of rotatable bonds is 4. The minimum atomic E-state index is -0.405. The number of oxazole rings is 1. The van der Waals surface area contributed by atoms with Crippen molar-refractivity contribution >= 4 is 28.6 Å². The summed E-state index contributed by atoms with van der Waals surface area (Å²) in [5.41, 5.74) is 1.19. The number of carbonyl (C=O) groups excluding carboxylic acids is 1. The van der Waals surface area contributed by atoms with Crippen molar-refractivity contribution in [3.05, 3.63) is 52.2 Å². The van der Waals surface area contributed by atoms with Gasteiger partial charge in [-0.15, -0.1) is 0 Å². The topological polar surface area (TPSA) is 73.3 Å². The van der Waals surface area contributed by atoms with Gasteiger partial charge in [-0.1, -0.05) is 11.6 Å². The summed E-state index contributed by atoms with van der Waals surface area (Å²) in [6, 6.07) is 6.86. The highest BCUT2D eigenvalue weighted by Gasteiger charge is 2.27. The third-order valence-corrected chi connectivity index (χ3v) is 5.04. The second-order valence-electron chi connectivity index (χ2n) is 6.50. The van der Waals surface area contributed by atoms with Crippen LogP contribution < -0.4 is 5.76 Å². The second kappa shape index (κ2) is 6.99. The van der Waals surface area contributed by atoms with Crippen LogP contribution in [-0.4, -0.2) is 38.2 Å². The third kappa shape index (κ3) is 3.26. The van der Waals surface area contributed by atoms with E-state index in [4.69, 9.17) is 16.0 Å². The van der Waals surface area contributed by atoms with Crippen molar-refractivity contribution in [2.45, 2.75) is 31.8 Å². The van der Waals surface area contributed by atoms with Gasteiger partial charge in [0, 0.05) is 43.5 Å². The fourth-order valence-corrected chi connectivity index (χ4v) is 3.71. The molecule has 1 aromatic carbocycles. The quantitative estimate of drug-likeness (QED) is 0.703. The van der Waals surface area contributed by atoms with Crippen LogP contribution in [0.5, 0.6) is 0 Å². The van der Waals surface area contributed by atoms with Gasteiger partial charge >= 0.3 is 5.76 Å². The van der Waals surface area contributed by atoms with Crippen molar-refractivity contribution in [2.24, 2.45) is 0 Å². The summed E-state index contributed by atoms with van der Waals surface area (Å²) in [7, 11) is 0. The second-order valence-corrected chi connectivity index (χ2v) is 6.94. The molecule has 3 aromatic rings. The normalized spacial score (nSPS) is 17.7. The summed E-state index contributed by atoms with van der Waals surface area (Å²) < 4.78 is 8.71. The van der Waals surface area contributed by atoms with Crippen LogP contribution in [-0.2, 0) is 11.3 Å². The molecule has 7 nitrogen and oxygen atoms in total. The number of amides is 1. The SMILES string of the molecule is O=C(CCn1cccn1)N1CCC[C@H](n2c(=O)oc3ccc(Cl)cc32)C1. The Hall–Kier alpha value is -2.54. The summed E-state index contributed by atoms with van der Waals surface area (Å²) in [6.07, 6.45) is 5.60. The van der Waals surface area contributed by atoms with E-state index in [9.17, 15) is 9.59 Å². The number of halogens is 1. The van der Waals surface area contributed by atoms with Crippen LogP contribution in [0.3, 0.4) is 0 Å². The first-order chi connectivity index (χ1) is 12.6. The van der Waals surface area contributed by atoms with Crippen molar-refractivity contribution < 1.29 is 9.21 Å². The number of aromatic nitrogens is 3. The van der Waals surface area contributed by atoms with Gasteiger partial charge in [0.15, 0.2) is 5.58 Å². The molecule has 0 bridgehead atoms. The first kappa shape index (κ1) is 16.9. The van der Waals surface area contributed by atoms with Crippen LogP contribution in [0.15, 0.2) is 45.9 Å². The third-order valence-electron chi connectivity index (χ3n) is 4.80. The Morgan fingerprint density at radius 2 is 2.27 bits per heavy atom. The molecular formula is C18H19ClN4O3. The van der Waals surface area contributed by atoms with E-state index in [1.54, 1.807) is 33.6 Å². The molecule has 1 amide bonds. The maximum Gasteiger partial charge on any atom is 0.420 e. The van der Waals surface area contributed by atoms with Gasteiger partial charge in [-0.05, 0) is 37.1 Å². The molecule has 1 fully saturated rings. The molecular weight excluding hydrogens is 356 g/mol. The predicted molar refractivity (Wildman–Crippen MR) is 97.2 cm³/mol. The number of hydrogen-bond acceptors (Lipinski definition) is 4. The van der Waals surface area contributed by atoms with Crippen LogP contribution in [0.2, 0.25) is 5.02 Å². The summed E-state index contributed by atoms with van der Waals surface area (Å²) in [5.74, 6) is -0.331. The average Bonchev–Trinajstić information content (AvgIpc) is 3.26. The molecule has 136 valence electrons. The number of piperidine rings is 1. The predicted octanol–water partition coefficient (Wildman–Crippen LogP) is 2.70. The van der Waals surface area contributed by atoms with E-state index >= 15 is 0 Å². The number of nitrogens with zero attached hydrogens (tertiary/aromatic N) is 4. The minimum absolute atomic E-state index is 0.0732. The lowest BCUT2D eigenvalue weighted by molar-refractivity contribution is -0.133. The van der Waals surface area contributed by atoms with Gasteiger partial charge < -0.3 is 9.32 Å². The maximum absolute atomic E-state index is 12.6. The Balaban J connectivity index is 1.52. The molecule has 26 heavy (non-hydrogen) atoms. The standard InChI is InChI=1S/C18H19ClN4O3/c19-13-4-5-16-15(11-13)23(18(25)26-16)14-3-1-8-21(12-14)17(24)6-10-22-9-2-7-20-22/h2,4-5,7,9,11,14H,1,3,6,8,10,12H2/t14-/m0/s1. The van der Waals surface area contributed by atoms with Crippen LogP contribution >= 0.6 is 11.6 Å². The van der Waals surface area contributed by atoms with E-state index in [2.05, 4.69) is 5.10 Å². The first-order valence-electron chi connectivity index (χ1n) is 8.67. The molecule has 4 rings (SSSR count). The fraction of sp³-hybridized carbons (Fsp3) is 0.389. The van der Waals surface area contributed by atoms with Gasteiger partial charge in [0.05, 0.1) is 11.6 Å². The van der Waals surface area contributed by atoms with E-state index in [0.717, 1.165) is 12.8 Å². The Morgan fingerprint density at radius 1 is 1.38 bits per heavy atom. The highest BCUT2D eigenvalue weighted by molar-refractivity contribution is 6.31. The molecule has 1 atom stereocenters. The molecule has 0 N–H and O–H groups in total. The van der Waals surface area contributed by atoms with Gasteiger partial charge in [0.1, 0.15) is 0 Å². The van der Waals surface area contributed by atoms with Gasteiger partial charge in [0.2, 0.25) is 5.91 Å². The molecule has 0 saturated carbocycles. The molecule has 1 aliphatic rings. The van der Waals surface area contributed by atoms with Gasteiger partial charge in [-0.2, -0.15) is 5.10 Å². The van der Waals surface area contributed by atoms with Crippen molar-refractivity contribution in [1.82, 2.24) is 19.2 Å². The van der Waals surface area contributed by atoms with E-state index in [0.29, 0.717) is 42.2 Å². The lowest BCUT2D eigenvalue weighted by Gasteiger charge is -2.33. The highest BCUT2D eigenvalue weighted by atomic mass is 35.5. The number of benzene rings is 1. The molecule has 0 spiro atoms. The zero-order valence-electron chi connectivity index (χ0n) is 14.2. The monoisotopic (exact) mass is 374 g/mol. The lowest BCUT2D eigenvalue weighted by atomic mass is 10.0. The van der Waals surface area contributed by atoms with Gasteiger partial charge in [-0.25, -0.2) is 4.79 Å². The smallest absolute Gasteiger partial charge is 0.408 e. The minimum Gasteiger partial charge on any atom is -0.408 e. The zero-order valence-corrected chi connectivity index (χ0v) is 14.9. The Labute approximate surface area is 154 Å². The molecule has 0 aliphatic carbocycles. The van der Waals surface area contributed by atoms with Crippen molar-refractivity contribution in [3.8, 4) is 0 Å². The molecule has 8 heteroatoms. The van der Waals surface area contributed by atoms with Crippen molar-refractivity contribution in [3.63, 3.8) is 0 Å². The molecule has 1 saturated heterocycles. The largest absolute Gasteiger partial charge is 0.420 e. The van der Waals surface area contributed by atoms with Crippen LogP contribution in [0.1, 0.15) is 25.3 Å².